The molecule has 1 aromatic heterocycles. The molecule has 2 aliphatic rings. The molecule has 4 nitrogen and oxygen atoms in total. The van der Waals surface area contributed by atoms with Gasteiger partial charge in [0.2, 0.25) is 0 Å². The van der Waals surface area contributed by atoms with Crippen molar-refractivity contribution in [3.05, 3.63) is 11.9 Å². The Morgan fingerprint density at radius 2 is 1.94 bits per heavy atom. The van der Waals surface area contributed by atoms with E-state index in [-0.39, 0.29) is 0 Å². The second-order valence-corrected chi connectivity index (χ2v) is 5.82. The second kappa shape index (κ2) is 4.75. The summed E-state index contributed by atoms with van der Waals surface area (Å²) in [5.41, 5.74) is 5.87. The quantitative estimate of drug-likeness (QED) is 0.860. The van der Waals surface area contributed by atoms with Crippen molar-refractivity contribution in [1.29, 1.82) is 0 Å². The molecule has 0 amide bonds. The number of aromatic nitrogens is 2. The van der Waals surface area contributed by atoms with Crippen molar-refractivity contribution >= 4 is 11.6 Å². The Kier molecular flexibility index (Phi) is 3.10. The maximum Gasteiger partial charge on any atom is 0.136 e. The van der Waals surface area contributed by atoms with Gasteiger partial charge in [0.15, 0.2) is 0 Å². The van der Waals surface area contributed by atoms with E-state index in [1.165, 1.54) is 38.5 Å². The molecule has 2 fully saturated rings. The first-order chi connectivity index (χ1) is 8.72. The number of nitrogens with two attached hydrogens (primary N) is 1. The van der Waals surface area contributed by atoms with E-state index in [9.17, 15) is 0 Å². The summed E-state index contributed by atoms with van der Waals surface area (Å²) in [4.78, 5) is 8.96. The number of hydrogen-bond acceptors (Lipinski definition) is 4. The molecule has 0 aromatic carbocycles. The van der Waals surface area contributed by atoms with Gasteiger partial charge in [-0.05, 0) is 31.6 Å². The number of nitrogens with one attached hydrogen (secondary N) is 1. The summed E-state index contributed by atoms with van der Waals surface area (Å²) in [5.74, 6) is 3.72. The van der Waals surface area contributed by atoms with E-state index in [4.69, 9.17) is 5.73 Å². The highest BCUT2D eigenvalue weighted by Crippen LogP contribution is 2.38. The van der Waals surface area contributed by atoms with Gasteiger partial charge in [-0.2, -0.15) is 0 Å². The summed E-state index contributed by atoms with van der Waals surface area (Å²) in [5, 5.41) is 3.56. The number of hydrogen-bond donors (Lipinski definition) is 2. The fraction of sp³-hybridized carbons (Fsp3) is 0.714. The summed E-state index contributed by atoms with van der Waals surface area (Å²) in [7, 11) is 0. The van der Waals surface area contributed by atoms with Crippen LogP contribution in [0.3, 0.4) is 0 Å². The Balaban J connectivity index is 1.74. The third-order valence-electron chi connectivity index (χ3n) is 4.15. The van der Waals surface area contributed by atoms with Crippen molar-refractivity contribution in [3.8, 4) is 0 Å². The van der Waals surface area contributed by atoms with Crippen LogP contribution in [0.15, 0.2) is 6.07 Å². The van der Waals surface area contributed by atoms with Gasteiger partial charge in [-0.3, -0.25) is 0 Å². The molecule has 2 unspecified atom stereocenters. The largest absolute Gasteiger partial charge is 0.384 e. The minimum atomic E-state index is 0.542. The van der Waals surface area contributed by atoms with Crippen LogP contribution in [0, 0.1) is 5.92 Å². The standard InChI is InChI=1S/C14H22N4/c1-9-4-2-3-5-11(9)16-13-8-12(15)17-14(18-13)10-6-7-10/h8-11H,2-7H2,1H3,(H3,15,16,17,18). The van der Waals surface area contributed by atoms with Gasteiger partial charge in [0, 0.05) is 18.0 Å². The summed E-state index contributed by atoms with van der Waals surface area (Å²) in [6.45, 7) is 2.32. The third kappa shape index (κ3) is 2.57. The fourth-order valence-electron chi connectivity index (χ4n) is 2.80. The first kappa shape index (κ1) is 11.8. The molecule has 1 aromatic rings. The molecule has 18 heavy (non-hydrogen) atoms. The van der Waals surface area contributed by atoms with E-state index in [0.717, 1.165) is 17.6 Å². The van der Waals surface area contributed by atoms with Gasteiger partial charge in [-0.1, -0.05) is 19.8 Å². The molecule has 4 heteroatoms. The molecule has 1 heterocycles. The van der Waals surface area contributed by atoms with Crippen LogP contribution in [0.5, 0.6) is 0 Å². The van der Waals surface area contributed by atoms with Crippen LogP contribution in [-0.2, 0) is 0 Å². The molecular weight excluding hydrogens is 224 g/mol. The van der Waals surface area contributed by atoms with Crippen molar-refractivity contribution in [2.45, 2.75) is 57.4 Å². The van der Waals surface area contributed by atoms with Crippen molar-refractivity contribution < 1.29 is 0 Å². The molecule has 0 saturated heterocycles. The highest BCUT2D eigenvalue weighted by molar-refractivity contribution is 5.46. The number of nitrogen functional groups attached to an aromatic ring is 1. The summed E-state index contributed by atoms with van der Waals surface area (Å²) >= 11 is 0. The Bertz CT molecular complexity index is 428. The highest BCUT2D eigenvalue weighted by Gasteiger charge is 2.28. The van der Waals surface area contributed by atoms with Gasteiger partial charge >= 0.3 is 0 Å². The average molecular weight is 246 g/mol. The van der Waals surface area contributed by atoms with E-state index in [2.05, 4.69) is 22.2 Å². The molecule has 3 N–H and O–H groups in total. The monoisotopic (exact) mass is 246 g/mol. The molecule has 0 radical (unpaired) electrons. The van der Waals surface area contributed by atoms with E-state index >= 15 is 0 Å². The Morgan fingerprint density at radius 3 is 2.67 bits per heavy atom. The maximum atomic E-state index is 5.87. The van der Waals surface area contributed by atoms with Crippen molar-refractivity contribution in [2.75, 3.05) is 11.1 Å². The third-order valence-corrected chi connectivity index (χ3v) is 4.15. The number of nitrogens with zero attached hydrogens (tertiary/aromatic N) is 2. The molecule has 2 saturated carbocycles. The minimum Gasteiger partial charge on any atom is -0.384 e. The van der Waals surface area contributed by atoms with E-state index in [1.807, 2.05) is 6.07 Å². The molecule has 2 atom stereocenters. The van der Waals surface area contributed by atoms with Crippen molar-refractivity contribution in [3.63, 3.8) is 0 Å². The van der Waals surface area contributed by atoms with E-state index in [0.29, 0.717) is 17.8 Å². The first-order valence-electron chi connectivity index (χ1n) is 7.13. The van der Waals surface area contributed by atoms with Crippen LogP contribution in [-0.4, -0.2) is 16.0 Å². The molecule has 0 spiro atoms. The zero-order valence-corrected chi connectivity index (χ0v) is 11.0. The Labute approximate surface area is 108 Å². The van der Waals surface area contributed by atoms with Crippen LogP contribution in [0.1, 0.15) is 57.2 Å². The second-order valence-electron chi connectivity index (χ2n) is 5.82. The number of rotatable bonds is 3. The smallest absolute Gasteiger partial charge is 0.136 e. The summed E-state index contributed by atoms with van der Waals surface area (Å²) in [6, 6.07) is 2.41. The maximum absolute atomic E-state index is 5.87. The number of anilines is 2. The van der Waals surface area contributed by atoms with Gasteiger partial charge in [-0.25, -0.2) is 9.97 Å². The lowest BCUT2D eigenvalue weighted by Crippen LogP contribution is -2.30. The van der Waals surface area contributed by atoms with Gasteiger partial charge in [0.25, 0.3) is 0 Å². The lowest BCUT2D eigenvalue weighted by molar-refractivity contribution is 0.349. The van der Waals surface area contributed by atoms with Crippen LogP contribution in [0.2, 0.25) is 0 Å². The molecule has 98 valence electrons. The molecular formula is C14H22N4. The van der Waals surface area contributed by atoms with Gasteiger partial charge < -0.3 is 11.1 Å². The fourth-order valence-corrected chi connectivity index (χ4v) is 2.80. The van der Waals surface area contributed by atoms with Crippen LogP contribution in [0.25, 0.3) is 0 Å². The minimum absolute atomic E-state index is 0.542. The molecule has 0 bridgehead atoms. The molecule has 3 rings (SSSR count). The Morgan fingerprint density at radius 1 is 1.17 bits per heavy atom. The SMILES string of the molecule is CC1CCCCC1Nc1cc(N)nc(C2CC2)n1. The highest BCUT2D eigenvalue weighted by atomic mass is 15.1. The van der Waals surface area contributed by atoms with Gasteiger partial charge in [0.1, 0.15) is 17.5 Å². The van der Waals surface area contributed by atoms with Crippen LogP contribution < -0.4 is 11.1 Å². The lowest BCUT2D eigenvalue weighted by Gasteiger charge is -2.30. The van der Waals surface area contributed by atoms with E-state index < -0.39 is 0 Å². The van der Waals surface area contributed by atoms with Gasteiger partial charge in [0.05, 0.1) is 0 Å². The predicted molar refractivity (Wildman–Crippen MR) is 73.5 cm³/mol. The summed E-state index contributed by atoms with van der Waals surface area (Å²) < 4.78 is 0. The van der Waals surface area contributed by atoms with Gasteiger partial charge in [-0.15, -0.1) is 0 Å². The molecule has 0 aliphatic heterocycles. The topological polar surface area (TPSA) is 63.8 Å². The lowest BCUT2D eigenvalue weighted by atomic mass is 9.86. The van der Waals surface area contributed by atoms with Crippen molar-refractivity contribution in [1.82, 2.24) is 9.97 Å². The summed E-state index contributed by atoms with van der Waals surface area (Å²) in [6.07, 6.45) is 7.65. The van der Waals surface area contributed by atoms with Crippen LogP contribution >= 0.6 is 0 Å². The Hall–Kier alpha value is -1.32. The van der Waals surface area contributed by atoms with Crippen molar-refractivity contribution in [2.24, 2.45) is 5.92 Å². The predicted octanol–water partition coefficient (Wildman–Crippen LogP) is 2.93. The van der Waals surface area contributed by atoms with E-state index in [1.54, 1.807) is 0 Å². The first-order valence-corrected chi connectivity index (χ1v) is 7.13. The zero-order chi connectivity index (χ0) is 12.5. The average Bonchev–Trinajstić information content (AvgIpc) is 3.15. The zero-order valence-electron chi connectivity index (χ0n) is 11.0. The normalized spacial score (nSPS) is 28.1. The molecule has 2 aliphatic carbocycles. The van der Waals surface area contributed by atoms with Crippen LogP contribution in [0.4, 0.5) is 11.6 Å².